The third-order valence-corrected chi connectivity index (χ3v) is 5.57. The van der Waals surface area contributed by atoms with Crippen molar-refractivity contribution in [2.45, 2.75) is 43.8 Å². The molecule has 1 aliphatic rings. The molecule has 2 aromatic carbocycles. The van der Waals surface area contributed by atoms with Gasteiger partial charge in [-0.25, -0.2) is 9.37 Å². The van der Waals surface area contributed by atoms with E-state index in [2.05, 4.69) is 0 Å². The van der Waals surface area contributed by atoms with Crippen LogP contribution >= 0.6 is 0 Å². The van der Waals surface area contributed by atoms with Crippen LogP contribution in [0, 0.1) is 5.82 Å². The maximum atomic E-state index is 13.6. The molecule has 1 saturated carbocycles. The highest BCUT2D eigenvalue weighted by Gasteiger charge is 2.30. The van der Waals surface area contributed by atoms with Crippen LogP contribution in [0.25, 0.3) is 28.1 Å². The summed E-state index contributed by atoms with van der Waals surface area (Å²) in [7, 11) is 0. The number of phenols is 1. The summed E-state index contributed by atoms with van der Waals surface area (Å²) in [6.07, 6.45) is 2.35. The standard InChI is InChI=1S/C25H24FNO5/c26-16-8-6-14(7-9-16)23-19-2-1-3-21(30)25(19)27-24(15-4-5-15)20(23)11-10-17(28)12-18(29)13-22(31)32/h1-3,6-11,15,17-18,28-30H,4-5,12-13H2,(H,31,32)/b11-10+/t17-,18-/m1/s1. The second-order valence-electron chi connectivity index (χ2n) is 8.15. The van der Waals surface area contributed by atoms with Gasteiger partial charge in [0.05, 0.1) is 24.3 Å². The maximum absolute atomic E-state index is 13.6. The molecule has 1 heterocycles. The monoisotopic (exact) mass is 437 g/mol. The number of aliphatic hydroxyl groups excluding tert-OH is 2. The van der Waals surface area contributed by atoms with Gasteiger partial charge in [0.1, 0.15) is 17.1 Å². The SMILES string of the molecule is O=C(O)C[C@H](O)C[C@H](O)/C=C/c1c(C2CC2)nc2c(O)cccc2c1-c1ccc(F)cc1. The van der Waals surface area contributed by atoms with E-state index in [4.69, 9.17) is 10.1 Å². The number of pyridine rings is 1. The van der Waals surface area contributed by atoms with Crippen LogP contribution in [0.3, 0.4) is 0 Å². The molecule has 1 fully saturated rings. The Labute approximate surface area is 184 Å². The third-order valence-electron chi connectivity index (χ3n) is 5.57. The maximum Gasteiger partial charge on any atom is 0.305 e. The number of aromatic nitrogens is 1. The number of phenolic OH excluding ortho intramolecular Hbond substituents is 1. The summed E-state index contributed by atoms with van der Waals surface area (Å²) in [6.45, 7) is 0. The molecule has 166 valence electrons. The fourth-order valence-corrected chi connectivity index (χ4v) is 3.92. The molecule has 32 heavy (non-hydrogen) atoms. The molecule has 6 nitrogen and oxygen atoms in total. The normalized spacial score (nSPS) is 15.8. The zero-order valence-electron chi connectivity index (χ0n) is 17.3. The largest absolute Gasteiger partial charge is 0.506 e. The number of carbonyl (C=O) groups is 1. The van der Waals surface area contributed by atoms with Crippen LogP contribution in [-0.2, 0) is 4.79 Å². The fourth-order valence-electron chi connectivity index (χ4n) is 3.92. The Balaban J connectivity index is 1.83. The zero-order chi connectivity index (χ0) is 22.8. The van der Waals surface area contributed by atoms with Crippen LogP contribution in [0.15, 0.2) is 48.5 Å². The minimum absolute atomic E-state index is 0.0557. The van der Waals surface area contributed by atoms with Gasteiger partial charge in [-0.05, 0) is 36.6 Å². The van der Waals surface area contributed by atoms with Gasteiger partial charge >= 0.3 is 5.97 Å². The van der Waals surface area contributed by atoms with Crippen LogP contribution in [0.5, 0.6) is 5.75 Å². The highest BCUT2D eigenvalue weighted by atomic mass is 19.1. The van der Waals surface area contributed by atoms with Gasteiger partial charge in [0.25, 0.3) is 0 Å². The fraction of sp³-hybridized carbons (Fsp3) is 0.280. The average Bonchev–Trinajstić information content (AvgIpc) is 3.57. The van der Waals surface area contributed by atoms with Crippen LogP contribution < -0.4 is 0 Å². The number of hydrogen-bond donors (Lipinski definition) is 4. The first-order valence-corrected chi connectivity index (χ1v) is 10.5. The van der Waals surface area contributed by atoms with E-state index in [1.165, 1.54) is 18.2 Å². The summed E-state index contributed by atoms with van der Waals surface area (Å²) in [5, 5.41) is 40.1. The van der Waals surface area contributed by atoms with E-state index < -0.39 is 24.6 Å². The molecule has 0 spiro atoms. The lowest BCUT2D eigenvalue weighted by Gasteiger charge is -2.17. The molecular weight excluding hydrogens is 413 g/mol. The summed E-state index contributed by atoms with van der Waals surface area (Å²) in [4.78, 5) is 15.5. The first-order chi connectivity index (χ1) is 15.3. The molecule has 4 rings (SSSR count). The predicted molar refractivity (Wildman–Crippen MR) is 119 cm³/mol. The van der Waals surface area contributed by atoms with Gasteiger partial charge in [-0.3, -0.25) is 4.79 Å². The topological polar surface area (TPSA) is 111 Å². The van der Waals surface area contributed by atoms with Crippen LogP contribution in [-0.4, -0.2) is 43.6 Å². The zero-order valence-corrected chi connectivity index (χ0v) is 17.3. The van der Waals surface area contributed by atoms with Crippen molar-refractivity contribution in [2.24, 2.45) is 0 Å². The average molecular weight is 437 g/mol. The molecule has 1 aromatic heterocycles. The molecule has 0 bridgehead atoms. The van der Waals surface area contributed by atoms with Crippen molar-refractivity contribution in [3.63, 3.8) is 0 Å². The summed E-state index contributed by atoms with van der Waals surface area (Å²) in [5.74, 6) is -1.23. The number of aliphatic carboxylic acids is 1. The molecule has 2 atom stereocenters. The first kappa shape index (κ1) is 21.9. The van der Waals surface area contributed by atoms with Crippen molar-refractivity contribution >= 4 is 22.9 Å². The van der Waals surface area contributed by atoms with E-state index in [1.54, 1.807) is 30.3 Å². The van der Waals surface area contributed by atoms with Crippen molar-refractivity contribution in [1.29, 1.82) is 0 Å². The Kier molecular flexibility index (Phi) is 6.21. The van der Waals surface area contributed by atoms with Gasteiger partial charge in [0, 0.05) is 28.9 Å². The van der Waals surface area contributed by atoms with Crippen molar-refractivity contribution in [3.8, 4) is 16.9 Å². The Morgan fingerprint density at radius 2 is 1.88 bits per heavy atom. The number of aromatic hydroxyl groups is 1. The molecule has 1 aliphatic carbocycles. The van der Waals surface area contributed by atoms with E-state index in [0.29, 0.717) is 10.9 Å². The highest BCUT2D eigenvalue weighted by Crippen LogP contribution is 2.46. The highest BCUT2D eigenvalue weighted by molar-refractivity contribution is 6.01. The number of carboxylic acid groups (broad SMARTS) is 1. The second-order valence-corrected chi connectivity index (χ2v) is 8.15. The predicted octanol–water partition coefficient (Wildman–Crippen LogP) is 4.22. The molecule has 7 heteroatoms. The molecule has 0 aliphatic heterocycles. The van der Waals surface area contributed by atoms with E-state index in [0.717, 1.165) is 35.2 Å². The summed E-state index contributed by atoms with van der Waals surface area (Å²) in [5.41, 5.74) is 3.51. The number of carboxylic acids is 1. The second kappa shape index (κ2) is 9.06. The Hall–Kier alpha value is -3.29. The molecule has 0 saturated heterocycles. The Morgan fingerprint density at radius 1 is 1.16 bits per heavy atom. The Morgan fingerprint density at radius 3 is 2.53 bits per heavy atom. The number of rotatable bonds is 8. The van der Waals surface area contributed by atoms with E-state index in [1.807, 2.05) is 6.07 Å². The summed E-state index contributed by atoms with van der Waals surface area (Å²) < 4.78 is 13.6. The lowest BCUT2D eigenvalue weighted by molar-refractivity contribution is -0.139. The van der Waals surface area contributed by atoms with Gasteiger partial charge in [0.2, 0.25) is 0 Å². The molecule has 3 aromatic rings. The minimum Gasteiger partial charge on any atom is -0.506 e. The number of para-hydroxylation sites is 1. The first-order valence-electron chi connectivity index (χ1n) is 10.5. The molecule has 0 radical (unpaired) electrons. The smallest absolute Gasteiger partial charge is 0.305 e. The molecule has 0 unspecified atom stereocenters. The van der Waals surface area contributed by atoms with E-state index >= 15 is 0 Å². The quantitative estimate of drug-likeness (QED) is 0.420. The van der Waals surface area contributed by atoms with Crippen LogP contribution in [0.4, 0.5) is 4.39 Å². The van der Waals surface area contributed by atoms with Crippen molar-refractivity contribution in [2.75, 3.05) is 0 Å². The Bertz CT molecular complexity index is 1170. The number of benzene rings is 2. The number of fused-ring (bicyclic) bond motifs is 1. The van der Waals surface area contributed by atoms with E-state index in [9.17, 15) is 24.5 Å². The number of nitrogens with zero attached hydrogens (tertiary/aromatic N) is 1. The molecule has 0 amide bonds. The van der Waals surface area contributed by atoms with Gasteiger partial charge in [-0.2, -0.15) is 0 Å². The summed E-state index contributed by atoms with van der Waals surface area (Å²) >= 11 is 0. The third kappa shape index (κ3) is 4.79. The number of hydrogen-bond acceptors (Lipinski definition) is 5. The summed E-state index contributed by atoms with van der Waals surface area (Å²) in [6, 6.07) is 11.2. The number of halogens is 1. The van der Waals surface area contributed by atoms with Gasteiger partial charge in [0.15, 0.2) is 0 Å². The van der Waals surface area contributed by atoms with Crippen LogP contribution in [0.2, 0.25) is 0 Å². The lowest BCUT2D eigenvalue weighted by atomic mass is 9.92. The van der Waals surface area contributed by atoms with Crippen molar-refractivity contribution < 1.29 is 29.6 Å². The number of aliphatic hydroxyl groups is 2. The van der Waals surface area contributed by atoms with Crippen molar-refractivity contribution in [1.82, 2.24) is 4.98 Å². The van der Waals surface area contributed by atoms with Crippen LogP contribution in [0.1, 0.15) is 42.9 Å². The van der Waals surface area contributed by atoms with Gasteiger partial charge in [-0.15, -0.1) is 0 Å². The van der Waals surface area contributed by atoms with E-state index in [-0.39, 0.29) is 23.9 Å². The van der Waals surface area contributed by atoms with Gasteiger partial charge < -0.3 is 20.4 Å². The molecule has 4 N–H and O–H groups in total. The lowest BCUT2D eigenvalue weighted by Crippen LogP contribution is -2.19. The van der Waals surface area contributed by atoms with Crippen molar-refractivity contribution in [3.05, 3.63) is 65.6 Å². The minimum atomic E-state index is -1.17. The van der Waals surface area contributed by atoms with Gasteiger partial charge in [-0.1, -0.05) is 36.4 Å². The molecular formula is C25H24FNO5.